The van der Waals surface area contributed by atoms with E-state index in [1.807, 2.05) is 32.0 Å². The lowest BCUT2D eigenvalue weighted by molar-refractivity contribution is -0.124. The van der Waals surface area contributed by atoms with Gasteiger partial charge in [0.25, 0.3) is 5.91 Å². The molecule has 1 rings (SSSR count). The van der Waals surface area contributed by atoms with E-state index in [4.69, 9.17) is 16.3 Å². The molecule has 0 fully saturated rings. The van der Waals surface area contributed by atoms with E-state index in [0.29, 0.717) is 17.3 Å². The number of aryl methyl sites for hydroxylation is 1. The molecule has 0 saturated heterocycles. The number of carbonyl (C=O) groups is 1. The van der Waals surface area contributed by atoms with E-state index < -0.39 is 5.60 Å². The Morgan fingerprint density at radius 3 is 2.76 bits per heavy atom. The zero-order valence-electron chi connectivity index (χ0n) is 12.9. The lowest BCUT2D eigenvalue weighted by Gasteiger charge is -2.27. The second-order valence-corrected chi connectivity index (χ2v) is 6.14. The van der Waals surface area contributed by atoms with Crippen LogP contribution in [0.1, 0.15) is 12.5 Å². The number of rotatable bonds is 7. The van der Waals surface area contributed by atoms with Gasteiger partial charge in [-0.1, -0.05) is 17.7 Å². The minimum Gasteiger partial charge on any atom is -0.482 e. The molecule has 21 heavy (non-hydrogen) atoms. The van der Waals surface area contributed by atoms with Crippen molar-refractivity contribution in [2.24, 2.45) is 0 Å². The Labute approximate surface area is 130 Å². The standard InChI is InChI=1S/C15H23ClN2O3/c1-11-5-6-12(16)13(7-11)21-8-14(19)17-9-15(2,20)10-18(3)4/h5-7,20H,8-10H2,1-4H3,(H,17,19). The maximum atomic E-state index is 11.7. The van der Waals surface area contributed by atoms with Crippen molar-refractivity contribution in [3.05, 3.63) is 28.8 Å². The number of ether oxygens (including phenoxy) is 1. The molecule has 1 aromatic carbocycles. The van der Waals surface area contributed by atoms with Crippen LogP contribution in [-0.4, -0.2) is 55.3 Å². The van der Waals surface area contributed by atoms with Crippen LogP contribution in [-0.2, 0) is 4.79 Å². The van der Waals surface area contributed by atoms with Gasteiger partial charge in [0.05, 0.1) is 10.6 Å². The number of hydrogen-bond acceptors (Lipinski definition) is 4. The van der Waals surface area contributed by atoms with Gasteiger partial charge < -0.3 is 20.1 Å². The molecule has 0 aromatic heterocycles. The van der Waals surface area contributed by atoms with Crippen molar-refractivity contribution in [3.63, 3.8) is 0 Å². The van der Waals surface area contributed by atoms with E-state index in [2.05, 4.69) is 5.32 Å². The van der Waals surface area contributed by atoms with Gasteiger partial charge in [-0.2, -0.15) is 0 Å². The first kappa shape index (κ1) is 17.8. The number of nitrogens with zero attached hydrogens (tertiary/aromatic N) is 1. The molecule has 1 atom stereocenters. The average molecular weight is 315 g/mol. The summed E-state index contributed by atoms with van der Waals surface area (Å²) in [7, 11) is 3.72. The summed E-state index contributed by atoms with van der Waals surface area (Å²) >= 11 is 5.98. The van der Waals surface area contributed by atoms with Gasteiger partial charge in [0.15, 0.2) is 6.61 Å². The largest absolute Gasteiger partial charge is 0.482 e. The molecule has 6 heteroatoms. The summed E-state index contributed by atoms with van der Waals surface area (Å²) in [4.78, 5) is 13.6. The van der Waals surface area contributed by atoms with E-state index in [0.717, 1.165) is 5.56 Å². The molecule has 1 aromatic rings. The van der Waals surface area contributed by atoms with Gasteiger partial charge in [-0.25, -0.2) is 0 Å². The quantitative estimate of drug-likeness (QED) is 0.800. The number of halogens is 1. The molecule has 118 valence electrons. The van der Waals surface area contributed by atoms with Crippen LogP contribution < -0.4 is 10.1 Å². The topological polar surface area (TPSA) is 61.8 Å². The molecule has 0 spiro atoms. The molecule has 0 radical (unpaired) electrons. The third kappa shape index (κ3) is 6.80. The van der Waals surface area contributed by atoms with Crippen LogP contribution in [0.4, 0.5) is 0 Å². The second kappa shape index (κ2) is 7.64. The number of nitrogens with one attached hydrogen (secondary N) is 1. The third-order valence-electron chi connectivity index (χ3n) is 2.77. The Kier molecular flexibility index (Phi) is 6.45. The minimum atomic E-state index is -0.986. The number of benzene rings is 1. The zero-order chi connectivity index (χ0) is 16.0. The van der Waals surface area contributed by atoms with E-state index in [1.54, 1.807) is 19.1 Å². The molecule has 2 N–H and O–H groups in total. The van der Waals surface area contributed by atoms with E-state index in [9.17, 15) is 9.90 Å². The zero-order valence-corrected chi connectivity index (χ0v) is 13.7. The van der Waals surface area contributed by atoms with Gasteiger partial charge in [0.1, 0.15) is 5.75 Å². The Morgan fingerprint density at radius 2 is 2.14 bits per heavy atom. The van der Waals surface area contributed by atoms with Crippen molar-refractivity contribution in [2.75, 3.05) is 33.8 Å². The molecule has 1 amide bonds. The fourth-order valence-corrected chi connectivity index (χ4v) is 2.11. The van der Waals surface area contributed by atoms with Crippen molar-refractivity contribution < 1.29 is 14.6 Å². The number of amides is 1. The van der Waals surface area contributed by atoms with Crippen molar-refractivity contribution in [1.29, 1.82) is 0 Å². The fourth-order valence-electron chi connectivity index (χ4n) is 1.94. The van der Waals surface area contributed by atoms with Crippen molar-refractivity contribution in [1.82, 2.24) is 10.2 Å². The molecule has 0 heterocycles. The SMILES string of the molecule is Cc1ccc(Cl)c(OCC(=O)NCC(C)(O)CN(C)C)c1. The highest BCUT2D eigenvalue weighted by Gasteiger charge is 2.22. The Morgan fingerprint density at radius 1 is 1.48 bits per heavy atom. The van der Waals surface area contributed by atoms with Crippen LogP contribution in [0, 0.1) is 6.92 Å². The summed E-state index contributed by atoms with van der Waals surface area (Å²) in [5, 5.41) is 13.2. The van der Waals surface area contributed by atoms with Gasteiger partial charge in [-0.05, 0) is 45.6 Å². The smallest absolute Gasteiger partial charge is 0.258 e. The molecule has 1 unspecified atom stereocenters. The summed E-state index contributed by atoms with van der Waals surface area (Å²) in [6.45, 7) is 4.07. The maximum Gasteiger partial charge on any atom is 0.258 e. The molecule has 0 aliphatic carbocycles. The summed E-state index contributed by atoms with van der Waals surface area (Å²) in [5.41, 5.74) is 0.0175. The molecule has 0 saturated carbocycles. The summed E-state index contributed by atoms with van der Waals surface area (Å²) in [6, 6.07) is 5.37. The number of aliphatic hydroxyl groups is 1. The van der Waals surface area contributed by atoms with Crippen LogP contribution >= 0.6 is 11.6 Å². The van der Waals surface area contributed by atoms with Gasteiger partial charge in [0, 0.05) is 13.1 Å². The summed E-state index contributed by atoms with van der Waals surface area (Å²) in [6.07, 6.45) is 0. The Hall–Kier alpha value is -1.30. The first-order valence-corrected chi connectivity index (χ1v) is 7.10. The Balaban J connectivity index is 2.42. The highest BCUT2D eigenvalue weighted by Crippen LogP contribution is 2.24. The highest BCUT2D eigenvalue weighted by molar-refractivity contribution is 6.32. The Bertz CT molecular complexity index is 490. The number of likely N-dealkylation sites (N-methyl/N-ethyl adjacent to an activating group) is 1. The van der Waals surface area contributed by atoms with E-state index in [1.165, 1.54) is 0 Å². The third-order valence-corrected chi connectivity index (χ3v) is 3.08. The minimum absolute atomic E-state index is 0.138. The molecular formula is C15H23ClN2O3. The van der Waals surface area contributed by atoms with Gasteiger partial charge in [-0.15, -0.1) is 0 Å². The van der Waals surface area contributed by atoms with Gasteiger partial charge >= 0.3 is 0 Å². The first-order valence-electron chi connectivity index (χ1n) is 6.72. The van der Waals surface area contributed by atoms with Crippen molar-refractivity contribution in [3.8, 4) is 5.75 Å². The lowest BCUT2D eigenvalue weighted by Crippen LogP contribution is -2.47. The predicted molar refractivity (Wildman–Crippen MR) is 83.9 cm³/mol. The number of carbonyl (C=O) groups excluding carboxylic acids is 1. The van der Waals surface area contributed by atoms with E-state index >= 15 is 0 Å². The average Bonchev–Trinajstić information content (AvgIpc) is 2.36. The molecule has 0 bridgehead atoms. The van der Waals surface area contributed by atoms with Crippen LogP contribution in [0.5, 0.6) is 5.75 Å². The highest BCUT2D eigenvalue weighted by atomic mass is 35.5. The summed E-state index contributed by atoms with van der Waals surface area (Å²) in [5.74, 6) is 0.179. The van der Waals surface area contributed by atoms with Crippen LogP contribution in [0.2, 0.25) is 5.02 Å². The molecular weight excluding hydrogens is 292 g/mol. The molecule has 0 aliphatic rings. The second-order valence-electron chi connectivity index (χ2n) is 5.73. The fraction of sp³-hybridized carbons (Fsp3) is 0.533. The lowest BCUT2D eigenvalue weighted by atomic mass is 10.1. The monoisotopic (exact) mass is 314 g/mol. The van der Waals surface area contributed by atoms with Crippen molar-refractivity contribution in [2.45, 2.75) is 19.4 Å². The predicted octanol–water partition coefficient (Wildman–Crippen LogP) is 1.46. The van der Waals surface area contributed by atoms with Crippen LogP contribution in [0.3, 0.4) is 0 Å². The van der Waals surface area contributed by atoms with Crippen molar-refractivity contribution >= 4 is 17.5 Å². The molecule has 5 nitrogen and oxygen atoms in total. The van der Waals surface area contributed by atoms with Gasteiger partial charge in [0.2, 0.25) is 0 Å². The first-order chi connectivity index (χ1) is 9.69. The van der Waals surface area contributed by atoms with Crippen LogP contribution in [0.15, 0.2) is 18.2 Å². The number of hydrogen-bond donors (Lipinski definition) is 2. The maximum absolute atomic E-state index is 11.7. The summed E-state index contributed by atoms with van der Waals surface area (Å²) < 4.78 is 5.39. The van der Waals surface area contributed by atoms with Gasteiger partial charge in [-0.3, -0.25) is 4.79 Å². The van der Waals surface area contributed by atoms with E-state index in [-0.39, 0.29) is 19.1 Å². The van der Waals surface area contributed by atoms with Crippen LogP contribution in [0.25, 0.3) is 0 Å². The normalized spacial score (nSPS) is 13.9. The molecule has 0 aliphatic heterocycles.